The molecule has 0 fully saturated rings. The molecule has 0 aliphatic heterocycles. The molecule has 1 N–H and O–H groups in total. The normalized spacial score (nSPS) is 11.9. The number of hydrogen-bond acceptors (Lipinski definition) is 4. The molecular formula is C22H18BrNO4. The maximum Gasteiger partial charge on any atom is 0.344 e. The van der Waals surface area contributed by atoms with E-state index in [1.807, 2.05) is 78.9 Å². The average Bonchev–Trinajstić information content (AvgIpc) is 2.72. The first-order valence-electron chi connectivity index (χ1n) is 8.55. The first-order chi connectivity index (χ1) is 13.6. The maximum atomic E-state index is 10.4. The summed E-state index contributed by atoms with van der Waals surface area (Å²) in [5, 5.41) is 11.9. The molecule has 1 unspecified atom stereocenters. The maximum absolute atomic E-state index is 10.4. The van der Waals surface area contributed by atoms with Crippen molar-refractivity contribution in [2.45, 2.75) is 5.01 Å². The van der Waals surface area contributed by atoms with Crippen molar-refractivity contribution >= 4 is 28.1 Å². The smallest absolute Gasteiger partial charge is 0.344 e. The van der Waals surface area contributed by atoms with Crippen molar-refractivity contribution in [3.63, 3.8) is 0 Å². The summed E-state index contributed by atoms with van der Waals surface area (Å²) < 4.78 is 6.00. The quantitative estimate of drug-likeness (QED) is 0.295. The number of hydrogen-bond donors (Lipinski definition) is 1. The third-order valence-corrected chi connectivity index (χ3v) is 4.56. The predicted molar refractivity (Wildman–Crippen MR) is 112 cm³/mol. The van der Waals surface area contributed by atoms with Crippen molar-refractivity contribution < 1.29 is 19.5 Å². The van der Waals surface area contributed by atoms with Gasteiger partial charge in [-0.15, -0.1) is 0 Å². The summed E-state index contributed by atoms with van der Waals surface area (Å²) in [5.74, 6) is -0.302. The van der Waals surface area contributed by atoms with E-state index in [0.29, 0.717) is 0 Å². The standard InChI is InChI=1S/C22H18BrNO4/c23-22(18-5-2-1-3-6-18)28-20-8-4-7-19(13-20)17-11-9-16(10-12-17)14-24-27-15-21(25)26/h1-14,22H,15H2,(H,25,26). The number of halogens is 1. The molecule has 3 aromatic carbocycles. The Kier molecular flexibility index (Phi) is 6.81. The van der Waals surface area contributed by atoms with Crippen molar-refractivity contribution in [3.05, 3.63) is 90.0 Å². The minimum atomic E-state index is -1.06. The zero-order valence-corrected chi connectivity index (χ0v) is 16.5. The summed E-state index contributed by atoms with van der Waals surface area (Å²) in [6.45, 7) is -0.459. The molecule has 0 amide bonds. The van der Waals surface area contributed by atoms with Crippen LogP contribution in [-0.4, -0.2) is 23.9 Å². The van der Waals surface area contributed by atoms with Crippen LogP contribution in [0.1, 0.15) is 16.1 Å². The lowest BCUT2D eigenvalue weighted by Gasteiger charge is -2.14. The van der Waals surface area contributed by atoms with E-state index in [1.54, 1.807) is 0 Å². The summed E-state index contributed by atoms with van der Waals surface area (Å²) >= 11 is 3.57. The van der Waals surface area contributed by atoms with Gasteiger partial charge in [-0.2, -0.15) is 0 Å². The van der Waals surface area contributed by atoms with Gasteiger partial charge in [-0.05, 0) is 44.8 Å². The van der Waals surface area contributed by atoms with Gasteiger partial charge in [0, 0.05) is 5.56 Å². The summed E-state index contributed by atoms with van der Waals surface area (Å²) in [5.41, 5.74) is 3.91. The Morgan fingerprint density at radius 3 is 2.46 bits per heavy atom. The molecule has 142 valence electrons. The van der Waals surface area contributed by atoms with E-state index < -0.39 is 12.6 Å². The van der Waals surface area contributed by atoms with Gasteiger partial charge in [-0.1, -0.05) is 71.9 Å². The molecule has 0 saturated heterocycles. The number of carbonyl (C=O) groups is 1. The van der Waals surface area contributed by atoms with E-state index in [4.69, 9.17) is 9.84 Å². The molecule has 3 rings (SSSR count). The van der Waals surface area contributed by atoms with E-state index in [0.717, 1.165) is 28.0 Å². The molecule has 1 atom stereocenters. The zero-order valence-electron chi connectivity index (χ0n) is 14.9. The van der Waals surface area contributed by atoms with Gasteiger partial charge in [-0.25, -0.2) is 4.79 Å². The number of carboxylic acids is 1. The Morgan fingerprint density at radius 2 is 1.75 bits per heavy atom. The number of rotatable bonds is 8. The third kappa shape index (κ3) is 5.69. The van der Waals surface area contributed by atoms with Gasteiger partial charge < -0.3 is 14.7 Å². The van der Waals surface area contributed by atoms with Gasteiger partial charge in [0.1, 0.15) is 5.75 Å². The van der Waals surface area contributed by atoms with Gasteiger partial charge in [0.25, 0.3) is 0 Å². The lowest BCUT2D eigenvalue weighted by Crippen LogP contribution is -2.03. The fraction of sp³-hybridized carbons (Fsp3) is 0.0909. The predicted octanol–water partition coefficient (Wildman–Crippen LogP) is 5.26. The van der Waals surface area contributed by atoms with Crippen LogP contribution >= 0.6 is 15.9 Å². The zero-order chi connectivity index (χ0) is 19.8. The second-order valence-corrected chi connectivity index (χ2v) is 6.73. The molecule has 0 aromatic heterocycles. The molecule has 0 radical (unpaired) electrons. The Bertz CT molecular complexity index is 942. The van der Waals surface area contributed by atoms with Crippen LogP contribution in [0.5, 0.6) is 5.75 Å². The molecular weight excluding hydrogens is 422 g/mol. The third-order valence-electron chi connectivity index (χ3n) is 3.84. The molecule has 6 heteroatoms. The van der Waals surface area contributed by atoms with Crippen LogP contribution in [0.25, 0.3) is 11.1 Å². The van der Waals surface area contributed by atoms with Crippen molar-refractivity contribution in [2.24, 2.45) is 5.16 Å². The number of carboxylic acid groups (broad SMARTS) is 1. The highest BCUT2D eigenvalue weighted by Gasteiger charge is 2.09. The van der Waals surface area contributed by atoms with Crippen molar-refractivity contribution in [3.8, 4) is 16.9 Å². The number of oxime groups is 1. The van der Waals surface area contributed by atoms with Gasteiger partial charge in [0.2, 0.25) is 6.61 Å². The molecule has 0 aliphatic carbocycles. The van der Waals surface area contributed by atoms with E-state index in [-0.39, 0.29) is 5.01 Å². The lowest BCUT2D eigenvalue weighted by atomic mass is 10.0. The SMILES string of the molecule is O=C(O)CON=Cc1ccc(-c2cccc(OC(Br)c3ccccc3)c2)cc1. The highest BCUT2D eigenvalue weighted by atomic mass is 79.9. The molecule has 5 nitrogen and oxygen atoms in total. The number of benzene rings is 3. The Balaban J connectivity index is 1.67. The highest BCUT2D eigenvalue weighted by Crippen LogP contribution is 2.30. The molecule has 0 saturated carbocycles. The second kappa shape index (κ2) is 9.71. The first kappa shape index (κ1) is 19.6. The molecule has 0 bridgehead atoms. The van der Waals surface area contributed by atoms with Crippen LogP contribution in [0, 0.1) is 0 Å². The fourth-order valence-electron chi connectivity index (χ4n) is 2.49. The topological polar surface area (TPSA) is 68.1 Å². The molecule has 0 spiro atoms. The average molecular weight is 440 g/mol. The minimum Gasteiger partial charge on any atom is -0.479 e. The van der Waals surface area contributed by atoms with Crippen LogP contribution < -0.4 is 4.74 Å². The van der Waals surface area contributed by atoms with Gasteiger partial charge in [-0.3, -0.25) is 0 Å². The Labute approximate surface area is 171 Å². The molecule has 0 heterocycles. The first-order valence-corrected chi connectivity index (χ1v) is 9.47. The number of alkyl halides is 1. The monoisotopic (exact) mass is 439 g/mol. The summed E-state index contributed by atoms with van der Waals surface area (Å²) in [4.78, 5) is 15.0. The van der Waals surface area contributed by atoms with Gasteiger partial charge >= 0.3 is 5.97 Å². The van der Waals surface area contributed by atoms with Crippen LogP contribution in [0.15, 0.2) is 84.0 Å². The second-order valence-electron chi connectivity index (χ2n) is 5.90. The van der Waals surface area contributed by atoms with E-state index in [1.165, 1.54) is 6.21 Å². The lowest BCUT2D eigenvalue weighted by molar-refractivity contribution is -0.142. The van der Waals surface area contributed by atoms with Gasteiger partial charge in [0.05, 0.1) is 6.21 Å². The summed E-state index contributed by atoms with van der Waals surface area (Å²) in [6, 6.07) is 25.5. The Morgan fingerprint density at radius 1 is 1.00 bits per heavy atom. The van der Waals surface area contributed by atoms with Crippen LogP contribution in [0.3, 0.4) is 0 Å². The van der Waals surface area contributed by atoms with Crippen molar-refractivity contribution in [1.29, 1.82) is 0 Å². The number of ether oxygens (including phenoxy) is 1. The van der Waals surface area contributed by atoms with Crippen molar-refractivity contribution in [2.75, 3.05) is 6.61 Å². The van der Waals surface area contributed by atoms with Crippen LogP contribution in [0.2, 0.25) is 0 Å². The van der Waals surface area contributed by atoms with Crippen molar-refractivity contribution in [1.82, 2.24) is 0 Å². The Hall–Kier alpha value is -3.12. The summed E-state index contributed by atoms with van der Waals surface area (Å²) in [6.07, 6.45) is 1.47. The van der Waals surface area contributed by atoms with E-state index >= 15 is 0 Å². The molecule has 0 aliphatic rings. The highest BCUT2D eigenvalue weighted by molar-refractivity contribution is 9.09. The number of nitrogens with zero attached hydrogens (tertiary/aromatic N) is 1. The van der Waals surface area contributed by atoms with Crippen LogP contribution in [-0.2, 0) is 9.63 Å². The largest absolute Gasteiger partial charge is 0.479 e. The van der Waals surface area contributed by atoms with E-state index in [2.05, 4.69) is 25.9 Å². The van der Waals surface area contributed by atoms with Crippen LogP contribution in [0.4, 0.5) is 0 Å². The van der Waals surface area contributed by atoms with Gasteiger partial charge in [0.15, 0.2) is 5.01 Å². The molecule has 28 heavy (non-hydrogen) atoms. The summed E-state index contributed by atoms with van der Waals surface area (Å²) in [7, 11) is 0. The fourth-order valence-corrected chi connectivity index (χ4v) is 3.01. The molecule has 3 aromatic rings. The number of aliphatic carboxylic acids is 1. The minimum absolute atomic E-state index is 0.228. The van der Waals surface area contributed by atoms with E-state index in [9.17, 15) is 4.79 Å².